The minimum absolute atomic E-state index is 0.732. The second kappa shape index (κ2) is 8.69. The number of hydrogen-bond acceptors (Lipinski definition) is 7. The number of likely N-dealkylation sites (tertiary alicyclic amines) is 1. The summed E-state index contributed by atoms with van der Waals surface area (Å²) < 4.78 is 6.20. The maximum Gasteiger partial charge on any atom is 0.210 e. The van der Waals surface area contributed by atoms with Crippen LogP contribution in [0.15, 0.2) is 28.6 Å². The zero-order valence-corrected chi connectivity index (χ0v) is 15.8. The molecule has 2 aromatic rings. The van der Waals surface area contributed by atoms with Crippen LogP contribution in [0.3, 0.4) is 0 Å². The molecule has 130 valence electrons. The van der Waals surface area contributed by atoms with E-state index >= 15 is 0 Å². The number of nitrogens with zero attached hydrogens (tertiary/aromatic N) is 3. The monoisotopic (exact) mass is 364 g/mol. The van der Waals surface area contributed by atoms with Crippen molar-refractivity contribution in [3.63, 3.8) is 0 Å². The molecule has 0 radical (unpaired) electrons. The predicted molar refractivity (Wildman–Crippen MR) is 102 cm³/mol. The van der Waals surface area contributed by atoms with E-state index in [0.29, 0.717) is 0 Å². The average molecular weight is 365 g/mol. The van der Waals surface area contributed by atoms with Crippen LogP contribution in [0.5, 0.6) is 5.75 Å². The van der Waals surface area contributed by atoms with Gasteiger partial charge >= 0.3 is 0 Å². The molecule has 0 spiro atoms. The number of aromatic nitrogens is 2. The van der Waals surface area contributed by atoms with Gasteiger partial charge in [0.2, 0.25) is 5.13 Å². The molecule has 5 nitrogen and oxygen atoms in total. The third-order valence-corrected chi connectivity index (χ3v) is 6.35. The maximum absolute atomic E-state index is 5.17. The van der Waals surface area contributed by atoms with Gasteiger partial charge in [-0.25, -0.2) is 0 Å². The van der Waals surface area contributed by atoms with Crippen LogP contribution in [0.4, 0.5) is 10.8 Å². The lowest BCUT2D eigenvalue weighted by Crippen LogP contribution is -2.36. The molecule has 1 saturated heterocycles. The molecule has 7 heteroatoms. The first kappa shape index (κ1) is 17.5. The number of rotatable bonds is 7. The normalized spacial score (nSPS) is 18.5. The van der Waals surface area contributed by atoms with Gasteiger partial charge < -0.3 is 15.0 Å². The predicted octanol–water partition coefficient (Wildman–Crippen LogP) is 4.26. The molecule has 1 fully saturated rings. The van der Waals surface area contributed by atoms with Crippen molar-refractivity contribution in [2.45, 2.75) is 36.1 Å². The first-order valence-electron chi connectivity index (χ1n) is 8.32. The van der Waals surface area contributed by atoms with Crippen molar-refractivity contribution in [2.24, 2.45) is 0 Å². The molecule has 0 bridgehead atoms. The highest BCUT2D eigenvalue weighted by Crippen LogP contribution is 2.29. The fraction of sp³-hybridized carbons (Fsp3) is 0.529. The highest BCUT2D eigenvalue weighted by atomic mass is 32.2. The molecule has 24 heavy (non-hydrogen) atoms. The number of piperidine rings is 1. The van der Waals surface area contributed by atoms with Crippen LogP contribution in [-0.2, 0) is 0 Å². The minimum Gasteiger partial charge on any atom is -0.497 e. The van der Waals surface area contributed by atoms with Crippen LogP contribution in [0, 0.1) is 0 Å². The van der Waals surface area contributed by atoms with E-state index in [-0.39, 0.29) is 0 Å². The smallest absolute Gasteiger partial charge is 0.210 e. The van der Waals surface area contributed by atoms with Gasteiger partial charge in [0.25, 0.3) is 0 Å². The Bertz CT molecular complexity index is 632. The van der Waals surface area contributed by atoms with Gasteiger partial charge in [-0.05, 0) is 57.1 Å². The Balaban J connectivity index is 1.46. The van der Waals surface area contributed by atoms with Crippen LogP contribution < -0.4 is 10.1 Å². The number of methoxy groups -OCH3 is 1. The van der Waals surface area contributed by atoms with Gasteiger partial charge in [0, 0.05) is 17.5 Å². The molecular formula is C17H24N4OS2. The highest BCUT2D eigenvalue weighted by molar-refractivity contribution is 8.01. The Kier molecular flexibility index (Phi) is 6.34. The molecule has 0 aliphatic carbocycles. The van der Waals surface area contributed by atoms with Crippen molar-refractivity contribution in [1.82, 2.24) is 15.1 Å². The van der Waals surface area contributed by atoms with Gasteiger partial charge in [-0.15, -0.1) is 10.2 Å². The van der Waals surface area contributed by atoms with Gasteiger partial charge in [-0.3, -0.25) is 0 Å². The first-order valence-corrected chi connectivity index (χ1v) is 10.1. The summed E-state index contributed by atoms with van der Waals surface area (Å²) in [6, 6.07) is 8.55. The van der Waals surface area contributed by atoms with E-state index < -0.39 is 0 Å². The molecule has 1 atom stereocenters. The van der Waals surface area contributed by atoms with Crippen LogP contribution in [0.1, 0.15) is 25.7 Å². The average Bonchev–Trinajstić information content (AvgIpc) is 3.05. The van der Waals surface area contributed by atoms with E-state index in [1.807, 2.05) is 36.0 Å². The van der Waals surface area contributed by atoms with Crippen LogP contribution in [-0.4, -0.2) is 47.6 Å². The summed E-state index contributed by atoms with van der Waals surface area (Å²) in [5.41, 5.74) is 0.993. The third-order valence-electron chi connectivity index (χ3n) is 4.35. The summed E-state index contributed by atoms with van der Waals surface area (Å²) in [4.78, 5) is 2.50. The number of nitrogens with one attached hydrogen (secondary N) is 1. The Labute approximate surface area is 151 Å². The lowest BCUT2D eigenvalue weighted by Gasteiger charge is -2.32. The van der Waals surface area contributed by atoms with E-state index in [1.54, 1.807) is 18.4 Å². The summed E-state index contributed by atoms with van der Waals surface area (Å²) in [5, 5.41) is 12.6. The number of benzene rings is 1. The number of thioether (sulfide) groups is 1. The van der Waals surface area contributed by atoms with Gasteiger partial charge in [-0.2, -0.15) is 0 Å². The van der Waals surface area contributed by atoms with E-state index in [4.69, 9.17) is 4.74 Å². The molecule has 2 heterocycles. The summed E-state index contributed by atoms with van der Waals surface area (Å²) in [5.74, 6) is 1.95. The number of hydrogen-bond donors (Lipinski definition) is 1. The molecule has 0 unspecified atom stereocenters. The molecule has 1 N–H and O–H groups in total. The summed E-state index contributed by atoms with van der Waals surface area (Å²) in [7, 11) is 3.91. The van der Waals surface area contributed by atoms with Crippen LogP contribution >= 0.6 is 23.1 Å². The van der Waals surface area contributed by atoms with Crippen LogP contribution in [0.25, 0.3) is 0 Å². The van der Waals surface area contributed by atoms with Crippen LogP contribution in [0.2, 0.25) is 0 Å². The summed E-state index contributed by atoms with van der Waals surface area (Å²) in [6.07, 6.45) is 5.27. The second-order valence-electron chi connectivity index (χ2n) is 5.99. The molecule has 3 rings (SSSR count). The van der Waals surface area contributed by atoms with Crippen molar-refractivity contribution in [1.29, 1.82) is 0 Å². The molecule has 1 aliphatic heterocycles. The SMILES string of the molecule is COc1ccc(Nc2nnc(SCC[C@@H]3CCCCN3C)s2)cc1. The Hall–Kier alpha value is -1.31. The second-order valence-corrected chi connectivity index (χ2v) is 8.31. The summed E-state index contributed by atoms with van der Waals surface area (Å²) >= 11 is 3.42. The molecular weight excluding hydrogens is 340 g/mol. The molecule has 1 aromatic carbocycles. The maximum atomic E-state index is 5.17. The lowest BCUT2D eigenvalue weighted by molar-refractivity contribution is 0.182. The first-order chi connectivity index (χ1) is 11.7. The molecule has 0 saturated carbocycles. The van der Waals surface area contributed by atoms with E-state index in [1.165, 1.54) is 32.2 Å². The van der Waals surface area contributed by atoms with Crippen molar-refractivity contribution in [3.8, 4) is 5.75 Å². The fourth-order valence-corrected chi connectivity index (χ4v) is 4.79. The van der Waals surface area contributed by atoms with Gasteiger partial charge in [-0.1, -0.05) is 29.5 Å². The third kappa shape index (κ3) is 4.84. The van der Waals surface area contributed by atoms with Gasteiger partial charge in [0.05, 0.1) is 7.11 Å². The van der Waals surface area contributed by atoms with Crippen molar-refractivity contribution in [2.75, 3.05) is 31.8 Å². The van der Waals surface area contributed by atoms with E-state index in [0.717, 1.165) is 32.7 Å². The summed E-state index contributed by atoms with van der Waals surface area (Å²) in [6.45, 7) is 1.24. The number of anilines is 2. The quantitative estimate of drug-likeness (QED) is 0.741. The standard InChI is InChI=1S/C17H24N4OS2/c1-21-11-4-3-5-14(21)10-12-23-17-20-19-16(24-17)18-13-6-8-15(22-2)9-7-13/h6-9,14H,3-5,10-12H2,1-2H3,(H,18,19)/t14-/m0/s1. The Morgan fingerprint density at radius 2 is 2.12 bits per heavy atom. The molecule has 1 aliphatic rings. The Morgan fingerprint density at radius 1 is 1.29 bits per heavy atom. The molecule has 0 amide bonds. The largest absolute Gasteiger partial charge is 0.497 e. The van der Waals surface area contributed by atoms with E-state index in [9.17, 15) is 0 Å². The van der Waals surface area contributed by atoms with E-state index in [2.05, 4.69) is 27.5 Å². The highest BCUT2D eigenvalue weighted by Gasteiger charge is 2.18. The topological polar surface area (TPSA) is 50.3 Å². The minimum atomic E-state index is 0.732. The van der Waals surface area contributed by atoms with Crippen molar-refractivity contribution >= 4 is 33.9 Å². The van der Waals surface area contributed by atoms with Gasteiger partial charge in [0.15, 0.2) is 4.34 Å². The lowest BCUT2D eigenvalue weighted by atomic mass is 10.0. The zero-order valence-electron chi connectivity index (χ0n) is 14.2. The Morgan fingerprint density at radius 3 is 2.88 bits per heavy atom. The van der Waals surface area contributed by atoms with Crippen molar-refractivity contribution in [3.05, 3.63) is 24.3 Å². The van der Waals surface area contributed by atoms with Gasteiger partial charge in [0.1, 0.15) is 5.75 Å². The van der Waals surface area contributed by atoms with Crippen molar-refractivity contribution < 1.29 is 4.74 Å². The molecule has 1 aromatic heterocycles. The number of ether oxygens (including phenoxy) is 1. The zero-order chi connectivity index (χ0) is 16.8. The fourth-order valence-electron chi connectivity index (χ4n) is 2.91.